The van der Waals surface area contributed by atoms with Crippen molar-refractivity contribution < 1.29 is 31.1 Å². The molecule has 0 saturated carbocycles. The summed E-state index contributed by atoms with van der Waals surface area (Å²) < 4.78 is 78.4. The third kappa shape index (κ3) is 8.13. The molecular weight excluding hydrogens is 354 g/mol. The van der Waals surface area contributed by atoms with Gasteiger partial charge in [0.05, 0.1) is 0 Å². The number of rotatable bonds is 6. The molecule has 0 bridgehead atoms. The van der Waals surface area contributed by atoms with Gasteiger partial charge in [-0.25, -0.2) is 0 Å². The highest BCUT2D eigenvalue weighted by Crippen LogP contribution is 2.25. The molecule has 1 saturated heterocycles. The lowest BCUT2D eigenvalue weighted by Crippen LogP contribution is -2.56. The highest BCUT2D eigenvalue weighted by Gasteiger charge is 2.41. The Labute approximate surface area is 143 Å². The maximum atomic E-state index is 12.7. The topological polar surface area (TPSA) is 40.1 Å². The monoisotopic (exact) mass is 378 g/mol. The largest absolute Gasteiger partial charge is 0.411 e. The molecule has 0 radical (unpaired) electrons. The third-order valence-corrected chi connectivity index (χ3v) is 3.86. The van der Waals surface area contributed by atoms with Crippen molar-refractivity contribution in [2.45, 2.75) is 31.7 Å². The van der Waals surface area contributed by atoms with Crippen molar-refractivity contribution in [1.29, 1.82) is 0 Å². The fourth-order valence-corrected chi connectivity index (χ4v) is 2.42. The van der Waals surface area contributed by atoms with Gasteiger partial charge in [-0.05, 0) is 13.3 Å². The Morgan fingerprint density at radius 1 is 1.12 bits per heavy atom. The first-order valence-corrected chi connectivity index (χ1v) is 7.95. The quantitative estimate of drug-likeness (QED) is 0.333. The zero-order chi connectivity index (χ0) is 19.1. The predicted molar refractivity (Wildman–Crippen MR) is 81.5 cm³/mol. The van der Waals surface area contributed by atoms with Crippen LogP contribution in [0.5, 0.6) is 0 Å². The number of hydrogen-bond acceptors (Lipinski definition) is 3. The smallest absolute Gasteiger partial charge is 0.372 e. The zero-order valence-corrected chi connectivity index (χ0v) is 14.3. The van der Waals surface area contributed by atoms with E-state index < -0.39 is 25.0 Å². The van der Waals surface area contributed by atoms with Gasteiger partial charge in [-0.15, -0.1) is 0 Å². The van der Waals surface area contributed by atoms with Crippen LogP contribution in [0.2, 0.25) is 0 Å². The lowest BCUT2D eigenvalue weighted by atomic mass is 10.2. The molecule has 1 unspecified atom stereocenters. The average Bonchev–Trinajstić information content (AvgIpc) is 2.52. The maximum Gasteiger partial charge on any atom is 0.411 e. The number of halogens is 6. The molecule has 148 valence electrons. The van der Waals surface area contributed by atoms with E-state index in [1.54, 1.807) is 7.05 Å². The van der Waals surface area contributed by atoms with Gasteiger partial charge in [-0.3, -0.25) is 9.89 Å². The molecule has 0 aliphatic carbocycles. The molecule has 0 aromatic rings. The molecule has 0 spiro atoms. The lowest BCUT2D eigenvalue weighted by molar-refractivity contribution is -0.181. The molecule has 1 rings (SSSR count). The second kappa shape index (κ2) is 9.46. The summed E-state index contributed by atoms with van der Waals surface area (Å²) in [7, 11) is 1.55. The van der Waals surface area contributed by atoms with Crippen LogP contribution in [0.4, 0.5) is 26.3 Å². The second-order valence-corrected chi connectivity index (χ2v) is 5.74. The minimum Gasteiger partial charge on any atom is -0.372 e. The van der Waals surface area contributed by atoms with Gasteiger partial charge >= 0.3 is 12.4 Å². The summed E-state index contributed by atoms with van der Waals surface area (Å²) >= 11 is 0. The number of aliphatic imine (C=N–C) groups is 1. The predicted octanol–water partition coefficient (Wildman–Crippen LogP) is 2.10. The van der Waals surface area contributed by atoms with Gasteiger partial charge in [0.1, 0.15) is 12.6 Å². The van der Waals surface area contributed by atoms with Crippen LogP contribution in [0.25, 0.3) is 0 Å². The fourth-order valence-electron chi connectivity index (χ4n) is 2.42. The molecule has 0 amide bonds. The van der Waals surface area contributed by atoms with Crippen LogP contribution in [0.1, 0.15) is 13.3 Å². The molecule has 1 heterocycles. The average molecular weight is 378 g/mol. The Bertz CT molecular complexity index is 419. The molecular formula is C14H24F6N4O. The van der Waals surface area contributed by atoms with Gasteiger partial charge in [0.2, 0.25) is 0 Å². The van der Waals surface area contributed by atoms with E-state index in [0.717, 1.165) is 6.92 Å². The highest BCUT2D eigenvalue weighted by atomic mass is 19.4. The SMILES string of the molecule is CN=C(NCCCOCC(F)(F)F)N1CCN(C(C)C(F)(F)F)CC1. The Morgan fingerprint density at radius 2 is 1.72 bits per heavy atom. The highest BCUT2D eigenvalue weighted by molar-refractivity contribution is 5.79. The standard InChI is InChI=1S/C14H24F6N4O/c1-11(14(18,19)20)23-5-7-24(8-6-23)12(21-2)22-4-3-9-25-10-13(15,16)17/h11H,3-10H2,1-2H3,(H,21,22). The number of piperazine rings is 1. The van der Waals surface area contributed by atoms with E-state index >= 15 is 0 Å². The number of guanidine groups is 1. The molecule has 0 aromatic heterocycles. The molecule has 11 heteroatoms. The van der Waals surface area contributed by atoms with Crippen molar-refractivity contribution in [3.05, 3.63) is 0 Å². The van der Waals surface area contributed by atoms with E-state index in [9.17, 15) is 26.3 Å². The maximum absolute atomic E-state index is 12.7. The van der Waals surface area contributed by atoms with Gasteiger partial charge in [0.15, 0.2) is 5.96 Å². The van der Waals surface area contributed by atoms with Crippen LogP contribution in [0.15, 0.2) is 4.99 Å². The van der Waals surface area contributed by atoms with Gasteiger partial charge in [0.25, 0.3) is 0 Å². The molecule has 1 fully saturated rings. The molecule has 1 aliphatic rings. The molecule has 1 N–H and O–H groups in total. The number of nitrogens with zero attached hydrogens (tertiary/aromatic N) is 3. The second-order valence-electron chi connectivity index (χ2n) is 5.74. The van der Waals surface area contributed by atoms with Gasteiger partial charge < -0.3 is 15.0 Å². The Hall–Kier alpha value is -1.23. The normalized spacial score (nSPS) is 19.2. The molecule has 25 heavy (non-hydrogen) atoms. The van der Waals surface area contributed by atoms with Crippen LogP contribution < -0.4 is 5.32 Å². The van der Waals surface area contributed by atoms with Crippen LogP contribution in [0, 0.1) is 0 Å². The van der Waals surface area contributed by atoms with Gasteiger partial charge in [-0.2, -0.15) is 26.3 Å². The van der Waals surface area contributed by atoms with Crippen LogP contribution in [0.3, 0.4) is 0 Å². The number of ether oxygens (including phenoxy) is 1. The van der Waals surface area contributed by atoms with Crippen LogP contribution in [-0.4, -0.2) is 87.1 Å². The first-order chi connectivity index (χ1) is 11.5. The van der Waals surface area contributed by atoms with Crippen molar-refractivity contribution in [2.24, 2.45) is 4.99 Å². The summed E-state index contributed by atoms with van der Waals surface area (Å²) in [5, 5.41) is 2.99. The first kappa shape index (κ1) is 21.8. The van der Waals surface area contributed by atoms with Gasteiger partial charge in [-0.1, -0.05) is 0 Å². The minimum atomic E-state index is -4.34. The number of hydrogen-bond donors (Lipinski definition) is 1. The number of nitrogens with one attached hydrogen (secondary N) is 1. The van der Waals surface area contributed by atoms with Crippen molar-refractivity contribution in [1.82, 2.24) is 15.1 Å². The van der Waals surface area contributed by atoms with Crippen molar-refractivity contribution >= 4 is 5.96 Å². The fraction of sp³-hybridized carbons (Fsp3) is 0.929. The van der Waals surface area contributed by atoms with Crippen LogP contribution >= 0.6 is 0 Å². The summed E-state index contributed by atoms with van der Waals surface area (Å²) in [6.45, 7) is 1.50. The summed E-state index contributed by atoms with van der Waals surface area (Å²) in [4.78, 5) is 7.26. The van der Waals surface area contributed by atoms with Crippen LogP contribution in [-0.2, 0) is 4.74 Å². The molecule has 5 nitrogen and oxygen atoms in total. The summed E-state index contributed by atoms with van der Waals surface area (Å²) in [6, 6.07) is -1.49. The van der Waals surface area contributed by atoms with E-state index in [4.69, 9.17) is 0 Å². The first-order valence-electron chi connectivity index (χ1n) is 7.95. The molecule has 1 atom stereocenters. The summed E-state index contributed by atoms with van der Waals surface area (Å²) in [5.74, 6) is 0.523. The Kier molecular flexibility index (Phi) is 8.26. The third-order valence-electron chi connectivity index (χ3n) is 3.86. The zero-order valence-electron chi connectivity index (χ0n) is 14.3. The van der Waals surface area contributed by atoms with Gasteiger partial charge in [0, 0.05) is 46.4 Å². The van der Waals surface area contributed by atoms with Crippen molar-refractivity contribution in [3.8, 4) is 0 Å². The minimum absolute atomic E-state index is 0.0413. The lowest BCUT2D eigenvalue weighted by Gasteiger charge is -2.39. The molecule has 0 aromatic carbocycles. The van der Waals surface area contributed by atoms with E-state index in [1.165, 1.54) is 4.90 Å². The molecule has 1 aliphatic heterocycles. The van der Waals surface area contributed by atoms with E-state index in [1.807, 2.05) is 4.90 Å². The van der Waals surface area contributed by atoms with Crippen molar-refractivity contribution in [3.63, 3.8) is 0 Å². The summed E-state index contributed by atoms with van der Waals surface area (Å²) in [5.41, 5.74) is 0. The van der Waals surface area contributed by atoms with E-state index in [2.05, 4.69) is 15.0 Å². The Balaban J connectivity index is 2.28. The van der Waals surface area contributed by atoms with Crippen molar-refractivity contribution in [2.75, 3.05) is 53.0 Å². The number of alkyl halides is 6. The Morgan fingerprint density at radius 3 is 2.20 bits per heavy atom. The van der Waals surface area contributed by atoms with E-state index in [0.29, 0.717) is 32.0 Å². The van der Waals surface area contributed by atoms with E-state index in [-0.39, 0.29) is 19.7 Å². The summed E-state index contributed by atoms with van der Waals surface area (Å²) in [6.07, 6.45) is -8.23.